The first-order valence-electron chi connectivity index (χ1n) is 8.84. The average molecular weight is 354 g/mol. The number of phenols is 1. The van der Waals surface area contributed by atoms with E-state index in [2.05, 4.69) is 13.8 Å². The summed E-state index contributed by atoms with van der Waals surface area (Å²) < 4.78 is 11.2. The van der Waals surface area contributed by atoms with Crippen LogP contribution in [0.1, 0.15) is 19.4 Å². The Labute approximate surface area is 152 Å². The molecule has 136 valence electrons. The molecule has 0 spiro atoms. The monoisotopic (exact) mass is 354 g/mol. The van der Waals surface area contributed by atoms with Crippen LogP contribution in [0.3, 0.4) is 0 Å². The van der Waals surface area contributed by atoms with Crippen molar-refractivity contribution in [2.75, 3.05) is 20.2 Å². The third-order valence-electron chi connectivity index (χ3n) is 4.84. The molecule has 26 heavy (non-hydrogen) atoms. The second kappa shape index (κ2) is 7.62. The number of quaternary nitrogens is 1. The maximum Gasteiger partial charge on any atom is 0.200 e. The predicted molar refractivity (Wildman–Crippen MR) is 102 cm³/mol. The molecule has 1 heterocycles. The summed E-state index contributed by atoms with van der Waals surface area (Å²) in [6.07, 6.45) is 1.46. The van der Waals surface area contributed by atoms with Crippen molar-refractivity contribution >= 4 is 11.0 Å². The van der Waals surface area contributed by atoms with Gasteiger partial charge in [-0.15, -0.1) is 0 Å². The summed E-state index contributed by atoms with van der Waals surface area (Å²) in [4.78, 5) is 14.4. The van der Waals surface area contributed by atoms with Crippen LogP contribution in [0.25, 0.3) is 22.1 Å². The summed E-state index contributed by atoms with van der Waals surface area (Å²) in [7, 11) is 1.57. The molecule has 0 atom stereocenters. The van der Waals surface area contributed by atoms with Crippen LogP contribution in [-0.2, 0) is 6.54 Å². The van der Waals surface area contributed by atoms with Gasteiger partial charge in [0.2, 0.25) is 5.43 Å². The van der Waals surface area contributed by atoms with Crippen molar-refractivity contribution in [1.29, 1.82) is 0 Å². The molecule has 5 nitrogen and oxygen atoms in total. The quantitative estimate of drug-likeness (QED) is 0.714. The van der Waals surface area contributed by atoms with E-state index < -0.39 is 0 Å². The Morgan fingerprint density at radius 2 is 1.81 bits per heavy atom. The third kappa shape index (κ3) is 3.18. The van der Waals surface area contributed by atoms with Crippen molar-refractivity contribution in [3.63, 3.8) is 0 Å². The highest BCUT2D eigenvalue weighted by atomic mass is 16.5. The molecule has 0 aliphatic heterocycles. The largest absolute Gasteiger partial charge is 0.507 e. The Hall–Kier alpha value is -2.79. The molecule has 0 radical (unpaired) electrons. The average Bonchev–Trinajstić information content (AvgIpc) is 2.67. The molecule has 0 amide bonds. The molecular formula is C21H24NO4+. The molecule has 3 aromatic rings. The van der Waals surface area contributed by atoms with E-state index in [1.54, 1.807) is 19.2 Å². The highest BCUT2D eigenvalue weighted by Crippen LogP contribution is 2.31. The Morgan fingerprint density at radius 3 is 2.50 bits per heavy atom. The summed E-state index contributed by atoms with van der Waals surface area (Å²) in [5.74, 6) is 0.774. The van der Waals surface area contributed by atoms with E-state index in [0.29, 0.717) is 40.0 Å². The Balaban J connectivity index is 2.19. The summed E-state index contributed by atoms with van der Waals surface area (Å²) in [6.45, 7) is 6.65. The van der Waals surface area contributed by atoms with Gasteiger partial charge in [0.15, 0.2) is 0 Å². The molecule has 0 aliphatic rings. The maximum atomic E-state index is 13.1. The van der Waals surface area contributed by atoms with Crippen molar-refractivity contribution in [3.05, 3.63) is 58.4 Å². The number of benzene rings is 2. The van der Waals surface area contributed by atoms with Gasteiger partial charge < -0.3 is 19.2 Å². The number of para-hydroxylation sites is 1. The van der Waals surface area contributed by atoms with Gasteiger partial charge in [0.1, 0.15) is 29.9 Å². The van der Waals surface area contributed by atoms with Crippen LogP contribution in [0.5, 0.6) is 11.5 Å². The van der Waals surface area contributed by atoms with Gasteiger partial charge in [0.25, 0.3) is 0 Å². The first-order chi connectivity index (χ1) is 12.6. The predicted octanol–water partition coefficient (Wildman–Crippen LogP) is 2.60. The van der Waals surface area contributed by atoms with Gasteiger partial charge >= 0.3 is 0 Å². The summed E-state index contributed by atoms with van der Waals surface area (Å²) >= 11 is 0. The lowest BCUT2D eigenvalue weighted by molar-refractivity contribution is -0.910. The summed E-state index contributed by atoms with van der Waals surface area (Å²) in [5.41, 5.74) is 2.13. The lowest BCUT2D eigenvalue weighted by Gasteiger charge is -2.17. The summed E-state index contributed by atoms with van der Waals surface area (Å²) in [5, 5.41) is 10.8. The van der Waals surface area contributed by atoms with Crippen molar-refractivity contribution in [3.8, 4) is 22.6 Å². The zero-order valence-corrected chi connectivity index (χ0v) is 15.3. The van der Waals surface area contributed by atoms with Crippen molar-refractivity contribution in [1.82, 2.24) is 0 Å². The Morgan fingerprint density at radius 1 is 1.08 bits per heavy atom. The van der Waals surface area contributed by atoms with Crippen LogP contribution in [0, 0.1) is 0 Å². The van der Waals surface area contributed by atoms with E-state index in [1.165, 1.54) is 11.2 Å². The maximum absolute atomic E-state index is 13.1. The van der Waals surface area contributed by atoms with Gasteiger partial charge in [-0.1, -0.05) is 18.2 Å². The van der Waals surface area contributed by atoms with Crippen LogP contribution < -0.4 is 15.1 Å². The van der Waals surface area contributed by atoms with E-state index in [9.17, 15) is 9.90 Å². The molecule has 0 bridgehead atoms. The second-order valence-corrected chi connectivity index (χ2v) is 6.25. The molecular weight excluding hydrogens is 330 g/mol. The Bertz CT molecular complexity index is 973. The number of nitrogens with one attached hydrogen (secondary N) is 1. The fraction of sp³-hybridized carbons (Fsp3) is 0.286. The minimum atomic E-state index is -0.133. The van der Waals surface area contributed by atoms with E-state index >= 15 is 0 Å². The zero-order chi connectivity index (χ0) is 18.7. The van der Waals surface area contributed by atoms with Gasteiger partial charge in [-0.2, -0.15) is 0 Å². The lowest BCUT2D eigenvalue weighted by atomic mass is 10.0. The highest BCUT2D eigenvalue weighted by Gasteiger charge is 2.19. The van der Waals surface area contributed by atoms with Gasteiger partial charge in [-0.3, -0.25) is 4.79 Å². The third-order valence-corrected chi connectivity index (χ3v) is 4.84. The van der Waals surface area contributed by atoms with E-state index in [0.717, 1.165) is 13.1 Å². The molecule has 0 saturated heterocycles. The van der Waals surface area contributed by atoms with Gasteiger partial charge in [-0.05, 0) is 32.0 Å². The lowest BCUT2D eigenvalue weighted by Crippen LogP contribution is -3.10. The number of methoxy groups -OCH3 is 1. The molecule has 0 fully saturated rings. The number of phenolic OH excluding ortho intramolecular Hbond substituents is 1. The van der Waals surface area contributed by atoms with Crippen LogP contribution in [0.15, 0.2) is 51.9 Å². The smallest absolute Gasteiger partial charge is 0.200 e. The van der Waals surface area contributed by atoms with E-state index in [-0.39, 0.29) is 11.2 Å². The molecule has 0 saturated carbocycles. The molecule has 5 heteroatoms. The fourth-order valence-corrected chi connectivity index (χ4v) is 3.22. The number of hydrogen-bond donors (Lipinski definition) is 2. The molecule has 2 N–H and O–H groups in total. The van der Waals surface area contributed by atoms with Crippen LogP contribution in [-0.4, -0.2) is 25.3 Å². The van der Waals surface area contributed by atoms with Crippen LogP contribution >= 0.6 is 0 Å². The minimum Gasteiger partial charge on any atom is -0.507 e. The standard InChI is InChI=1S/C21H23NO4/c1-4-22(5-2)12-16-18(23)11-10-15-20(24)17(13-26-21(15)16)14-8-6-7-9-19(14)25-3/h6-11,13,23H,4-5,12H2,1-3H3/p+1. The van der Waals surface area contributed by atoms with Crippen molar-refractivity contribution in [2.24, 2.45) is 0 Å². The topological polar surface area (TPSA) is 64.1 Å². The highest BCUT2D eigenvalue weighted by molar-refractivity contribution is 5.86. The molecule has 0 aliphatic carbocycles. The summed E-state index contributed by atoms with van der Waals surface area (Å²) in [6, 6.07) is 10.5. The number of ether oxygens (including phenoxy) is 1. The molecule has 2 aromatic carbocycles. The first kappa shape index (κ1) is 18.0. The fourth-order valence-electron chi connectivity index (χ4n) is 3.22. The van der Waals surface area contributed by atoms with Gasteiger partial charge in [-0.25, -0.2) is 0 Å². The number of aromatic hydroxyl groups is 1. The van der Waals surface area contributed by atoms with Crippen LogP contribution in [0.4, 0.5) is 0 Å². The van der Waals surface area contributed by atoms with Crippen LogP contribution in [0.2, 0.25) is 0 Å². The molecule has 3 rings (SSSR count). The SMILES string of the molecule is CC[NH+](CC)Cc1c(O)ccc2c(=O)c(-c3ccccc3OC)coc12. The second-order valence-electron chi connectivity index (χ2n) is 6.25. The molecule has 1 aromatic heterocycles. The number of fused-ring (bicyclic) bond motifs is 1. The normalized spacial score (nSPS) is 11.2. The minimum absolute atomic E-state index is 0.133. The van der Waals surface area contributed by atoms with E-state index in [1.807, 2.05) is 24.3 Å². The number of rotatable bonds is 6. The van der Waals surface area contributed by atoms with Crippen molar-refractivity contribution < 1.29 is 19.2 Å². The first-order valence-corrected chi connectivity index (χ1v) is 8.84. The van der Waals surface area contributed by atoms with Crippen molar-refractivity contribution in [2.45, 2.75) is 20.4 Å². The number of hydrogen-bond acceptors (Lipinski definition) is 4. The van der Waals surface area contributed by atoms with Gasteiger partial charge in [0.05, 0.1) is 36.7 Å². The van der Waals surface area contributed by atoms with Gasteiger partial charge in [0, 0.05) is 5.56 Å². The zero-order valence-electron chi connectivity index (χ0n) is 15.3. The van der Waals surface area contributed by atoms with E-state index in [4.69, 9.17) is 9.15 Å². The molecule has 0 unspecified atom stereocenters. The Kier molecular flexibility index (Phi) is 5.28.